The normalized spacial score (nSPS) is 20.8. The Balaban J connectivity index is 2.26. The van der Waals surface area contributed by atoms with Gasteiger partial charge in [-0.1, -0.05) is 70.4 Å². The summed E-state index contributed by atoms with van der Waals surface area (Å²) in [4.78, 5) is 0. The molecule has 0 heterocycles. The molecule has 0 spiro atoms. The van der Waals surface area contributed by atoms with Crippen LogP contribution in [0.5, 0.6) is 0 Å². The van der Waals surface area contributed by atoms with E-state index in [1.807, 2.05) is 0 Å². The van der Waals surface area contributed by atoms with Crippen LogP contribution in [0.1, 0.15) is 64.4 Å². The van der Waals surface area contributed by atoms with Gasteiger partial charge < -0.3 is 5.32 Å². The van der Waals surface area contributed by atoms with Gasteiger partial charge in [0.1, 0.15) is 0 Å². The van der Waals surface area contributed by atoms with Gasteiger partial charge in [0.2, 0.25) is 0 Å². The van der Waals surface area contributed by atoms with E-state index in [2.05, 4.69) is 56.4 Å². The lowest BCUT2D eigenvalue weighted by molar-refractivity contribution is 0.259. The molecule has 2 rings (SSSR count). The Kier molecular flexibility index (Phi) is 6.09. The van der Waals surface area contributed by atoms with Crippen molar-refractivity contribution in [3.63, 3.8) is 0 Å². The van der Waals surface area contributed by atoms with Gasteiger partial charge in [-0.15, -0.1) is 0 Å². The molecule has 0 aromatic heterocycles. The highest BCUT2D eigenvalue weighted by atomic mass is 14.9. The fraction of sp³-hybridized carbons (Fsp3) is 0.684. The van der Waals surface area contributed by atoms with Crippen LogP contribution in [0.2, 0.25) is 0 Å². The number of hydrogen-bond acceptors (Lipinski definition) is 1. The molecule has 1 fully saturated rings. The zero-order valence-corrected chi connectivity index (χ0v) is 13.4. The predicted octanol–water partition coefficient (Wildman–Crippen LogP) is 4.98. The van der Waals surface area contributed by atoms with Crippen molar-refractivity contribution in [2.75, 3.05) is 6.54 Å². The number of likely N-dealkylation sites (N-methyl/N-ethyl adjacent to an activating group) is 1. The van der Waals surface area contributed by atoms with E-state index in [4.69, 9.17) is 0 Å². The van der Waals surface area contributed by atoms with Crippen LogP contribution in [0.4, 0.5) is 0 Å². The molecule has 1 saturated carbocycles. The largest absolute Gasteiger partial charge is 0.313 e. The van der Waals surface area contributed by atoms with Gasteiger partial charge in [-0.3, -0.25) is 0 Å². The Hall–Kier alpha value is -0.820. The molecule has 1 N–H and O–H groups in total. The molecule has 0 radical (unpaired) electrons. The van der Waals surface area contributed by atoms with E-state index in [9.17, 15) is 0 Å². The van der Waals surface area contributed by atoms with Crippen LogP contribution in [0.25, 0.3) is 0 Å². The molecular weight excluding hydrogens is 242 g/mol. The van der Waals surface area contributed by atoms with Crippen molar-refractivity contribution in [1.29, 1.82) is 0 Å². The lowest BCUT2D eigenvalue weighted by atomic mass is 9.75. The summed E-state index contributed by atoms with van der Waals surface area (Å²) >= 11 is 0. The van der Waals surface area contributed by atoms with Gasteiger partial charge >= 0.3 is 0 Å². The Morgan fingerprint density at radius 2 is 1.75 bits per heavy atom. The molecular formula is C19H31N. The average Bonchev–Trinajstić information content (AvgIpc) is 3.01. The minimum Gasteiger partial charge on any atom is -0.313 e. The van der Waals surface area contributed by atoms with Crippen molar-refractivity contribution in [3.8, 4) is 0 Å². The fourth-order valence-corrected chi connectivity index (χ4v) is 3.96. The molecule has 20 heavy (non-hydrogen) atoms. The zero-order valence-electron chi connectivity index (χ0n) is 13.4. The standard InChI is InChI=1S/C19H31N/c1-4-15(3)18(16-11-7-6-8-12-16)19(20-5-2)17-13-9-10-14-17/h6-8,11-12,15,17-20H,4-5,9-10,13-14H2,1-3H3. The summed E-state index contributed by atoms with van der Waals surface area (Å²) in [5.74, 6) is 2.26. The van der Waals surface area contributed by atoms with Gasteiger partial charge in [0, 0.05) is 12.0 Å². The van der Waals surface area contributed by atoms with E-state index < -0.39 is 0 Å². The number of nitrogens with one attached hydrogen (secondary N) is 1. The van der Waals surface area contributed by atoms with E-state index in [0.29, 0.717) is 12.0 Å². The molecule has 0 saturated heterocycles. The Morgan fingerprint density at radius 3 is 2.30 bits per heavy atom. The van der Waals surface area contributed by atoms with Crippen LogP contribution in [-0.4, -0.2) is 12.6 Å². The maximum Gasteiger partial charge on any atom is 0.0166 e. The van der Waals surface area contributed by atoms with Gasteiger partial charge in [0.25, 0.3) is 0 Å². The summed E-state index contributed by atoms with van der Waals surface area (Å²) in [5, 5.41) is 3.84. The van der Waals surface area contributed by atoms with Gasteiger partial charge in [-0.25, -0.2) is 0 Å². The third-order valence-corrected chi connectivity index (χ3v) is 5.18. The van der Waals surface area contributed by atoms with Crippen molar-refractivity contribution in [2.24, 2.45) is 11.8 Å². The van der Waals surface area contributed by atoms with Crippen molar-refractivity contribution in [2.45, 2.75) is 64.8 Å². The second kappa shape index (κ2) is 7.83. The SMILES string of the molecule is CCNC(C1CCCC1)C(c1ccccc1)C(C)CC. The highest BCUT2D eigenvalue weighted by Crippen LogP contribution is 2.39. The van der Waals surface area contributed by atoms with E-state index >= 15 is 0 Å². The molecule has 0 bridgehead atoms. The molecule has 1 aromatic rings. The van der Waals surface area contributed by atoms with Gasteiger partial charge in [-0.05, 0) is 36.8 Å². The smallest absolute Gasteiger partial charge is 0.0166 e. The van der Waals surface area contributed by atoms with E-state index in [1.165, 1.54) is 37.7 Å². The molecule has 1 aromatic carbocycles. The second-order valence-corrected chi connectivity index (χ2v) is 6.45. The fourth-order valence-electron chi connectivity index (χ4n) is 3.96. The molecule has 112 valence electrons. The number of rotatable bonds is 7. The quantitative estimate of drug-likeness (QED) is 0.738. The maximum absolute atomic E-state index is 3.84. The third-order valence-electron chi connectivity index (χ3n) is 5.18. The molecule has 3 unspecified atom stereocenters. The highest BCUT2D eigenvalue weighted by molar-refractivity contribution is 5.22. The monoisotopic (exact) mass is 273 g/mol. The van der Waals surface area contributed by atoms with Crippen molar-refractivity contribution < 1.29 is 0 Å². The second-order valence-electron chi connectivity index (χ2n) is 6.45. The van der Waals surface area contributed by atoms with Crippen LogP contribution < -0.4 is 5.32 Å². The van der Waals surface area contributed by atoms with Crippen LogP contribution in [0, 0.1) is 11.8 Å². The first kappa shape index (κ1) is 15.6. The Bertz CT molecular complexity index is 367. The van der Waals surface area contributed by atoms with E-state index in [1.54, 1.807) is 0 Å². The maximum atomic E-state index is 3.84. The lowest BCUT2D eigenvalue weighted by Gasteiger charge is -2.36. The van der Waals surface area contributed by atoms with Crippen molar-refractivity contribution in [1.82, 2.24) is 5.32 Å². The number of benzene rings is 1. The van der Waals surface area contributed by atoms with E-state index in [-0.39, 0.29) is 0 Å². The number of hydrogen-bond donors (Lipinski definition) is 1. The molecule has 0 amide bonds. The molecule has 1 heteroatoms. The first-order valence-corrected chi connectivity index (χ1v) is 8.56. The van der Waals surface area contributed by atoms with E-state index in [0.717, 1.165) is 18.4 Å². The molecule has 1 aliphatic rings. The minimum absolute atomic E-state index is 0.653. The van der Waals surface area contributed by atoms with Crippen LogP contribution >= 0.6 is 0 Å². The summed E-state index contributed by atoms with van der Waals surface area (Å²) in [5.41, 5.74) is 1.53. The van der Waals surface area contributed by atoms with Gasteiger partial charge in [0.15, 0.2) is 0 Å². The molecule has 0 aliphatic heterocycles. The van der Waals surface area contributed by atoms with Crippen LogP contribution in [0.15, 0.2) is 30.3 Å². The topological polar surface area (TPSA) is 12.0 Å². The Labute approximate surface area is 125 Å². The van der Waals surface area contributed by atoms with Crippen LogP contribution in [-0.2, 0) is 0 Å². The first-order chi connectivity index (χ1) is 9.77. The summed E-state index contributed by atoms with van der Waals surface area (Å²) in [7, 11) is 0. The average molecular weight is 273 g/mol. The molecule has 1 aliphatic carbocycles. The lowest BCUT2D eigenvalue weighted by Crippen LogP contribution is -2.42. The third kappa shape index (κ3) is 3.63. The summed E-state index contributed by atoms with van der Waals surface area (Å²) in [6, 6.07) is 11.8. The molecule has 3 atom stereocenters. The van der Waals surface area contributed by atoms with Crippen molar-refractivity contribution >= 4 is 0 Å². The summed E-state index contributed by atoms with van der Waals surface area (Å²) in [6.45, 7) is 8.09. The minimum atomic E-state index is 0.653. The Morgan fingerprint density at radius 1 is 1.10 bits per heavy atom. The predicted molar refractivity (Wildman–Crippen MR) is 88.1 cm³/mol. The van der Waals surface area contributed by atoms with Crippen molar-refractivity contribution in [3.05, 3.63) is 35.9 Å². The summed E-state index contributed by atoms with van der Waals surface area (Å²) < 4.78 is 0. The van der Waals surface area contributed by atoms with Gasteiger partial charge in [-0.2, -0.15) is 0 Å². The highest BCUT2D eigenvalue weighted by Gasteiger charge is 2.34. The van der Waals surface area contributed by atoms with Gasteiger partial charge in [0.05, 0.1) is 0 Å². The molecule has 1 nitrogen and oxygen atoms in total. The van der Waals surface area contributed by atoms with Crippen LogP contribution in [0.3, 0.4) is 0 Å². The first-order valence-electron chi connectivity index (χ1n) is 8.56. The summed E-state index contributed by atoms with van der Waals surface area (Å²) in [6.07, 6.45) is 6.94. The zero-order chi connectivity index (χ0) is 14.4.